The zero-order chi connectivity index (χ0) is 32.9. The maximum Gasteiger partial charge on any atom is 0.270 e. The molecule has 0 bridgehead atoms. The van der Waals surface area contributed by atoms with E-state index in [1.807, 2.05) is 41.5 Å². The number of allylic oxidation sites excluding steroid dienone is 3. The molecule has 2 heterocycles. The van der Waals surface area contributed by atoms with Crippen molar-refractivity contribution in [3.05, 3.63) is 69.5 Å². The van der Waals surface area contributed by atoms with Crippen molar-refractivity contribution in [1.82, 2.24) is 20.6 Å². The molecule has 0 saturated carbocycles. The van der Waals surface area contributed by atoms with Gasteiger partial charge >= 0.3 is 0 Å². The molecule has 0 amide bonds. The first kappa shape index (κ1) is 40.7. The number of hydrogen-bond acceptors (Lipinski definition) is 6. The van der Waals surface area contributed by atoms with Crippen LogP contribution in [0.5, 0.6) is 0 Å². The average Bonchev–Trinajstić information content (AvgIpc) is 2.99. The number of anilines is 1. The van der Waals surface area contributed by atoms with Crippen LogP contribution in [0.15, 0.2) is 52.8 Å². The molecule has 1 aromatic carbocycles. The number of alkyl halides is 2. The molecule has 1 aliphatic heterocycles. The molecule has 0 fully saturated rings. The second-order valence-electron chi connectivity index (χ2n) is 8.88. The SMILES string of the molecule is C=C(OF)C1NC(C)=CC=C1NCc1cc(C(C)(F)F)cc2c(=O)[nH]c(N)nc12.CC.CC.CC.CCCCCCC. The fourth-order valence-electron chi connectivity index (χ4n) is 3.72. The quantitative estimate of drug-likeness (QED) is 0.161. The zero-order valence-corrected chi connectivity index (χ0v) is 27.3. The Hall–Kier alpha value is -3.43. The number of nitrogen functional groups attached to an aromatic ring is 1. The minimum absolute atomic E-state index is 0.00503. The van der Waals surface area contributed by atoms with Crippen LogP contribution in [-0.4, -0.2) is 16.0 Å². The molecular weight excluding hydrogens is 543 g/mol. The van der Waals surface area contributed by atoms with Gasteiger partial charge in [0.15, 0.2) is 5.76 Å². The Bertz CT molecular complexity index is 1170. The van der Waals surface area contributed by atoms with Crippen LogP contribution in [0.25, 0.3) is 10.9 Å². The van der Waals surface area contributed by atoms with Gasteiger partial charge in [-0.25, -0.2) is 13.8 Å². The van der Waals surface area contributed by atoms with Gasteiger partial charge in [-0.3, -0.25) is 14.7 Å². The number of nitrogens with one attached hydrogen (secondary N) is 3. The molecule has 5 N–H and O–H groups in total. The van der Waals surface area contributed by atoms with Gasteiger partial charge in [-0.15, -0.1) is 0 Å². The third kappa shape index (κ3) is 13.5. The summed E-state index contributed by atoms with van der Waals surface area (Å²) in [6.45, 7) is 22.5. The maximum absolute atomic E-state index is 13.9. The summed E-state index contributed by atoms with van der Waals surface area (Å²) < 4.78 is 40.6. The highest BCUT2D eigenvalue weighted by molar-refractivity contribution is 5.83. The van der Waals surface area contributed by atoms with Gasteiger partial charge < -0.3 is 16.4 Å². The number of fused-ring (bicyclic) bond motifs is 1. The highest BCUT2D eigenvalue weighted by atomic mass is 19.3. The Morgan fingerprint density at radius 1 is 1.07 bits per heavy atom. The van der Waals surface area contributed by atoms with E-state index in [2.05, 4.69) is 46.0 Å². The van der Waals surface area contributed by atoms with Crippen molar-refractivity contribution in [2.24, 2.45) is 0 Å². The van der Waals surface area contributed by atoms with E-state index < -0.39 is 17.5 Å². The van der Waals surface area contributed by atoms with Crippen LogP contribution in [0.2, 0.25) is 0 Å². The lowest BCUT2D eigenvalue weighted by atomic mass is 10.0. The summed E-state index contributed by atoms with van der Waals surface area (Å²) in [5, 5.41) is 6.04. The number of halogens is 3. The van der Waals surface area contributed by atoms with E-state index in [0.29, 0.717) is 11.3 Å². The van der Waals surface area contributed by atoms with E-state index in [1.54, 1.807) is 19.1 Å². The number of hydrogen-bond donors (Lipinski definition) is 4. The maximum atomic E-state index is 13.9. The van der Waals surface area contributed by atoms with Gasteiger partial charge in [-0.1, -0.05) is 94.1 Å². The largest absolute Gasteiger partial charge is 0.382 e. The Morgan fingerprint density at radius 2 is 1.64 bits per heavy atom. The number of rotatable bonds is 10. The summed E-state index contributed by atoms with van der Waals surface area (Å²) in [7, 11) is 0. The number of nitrogens with two attached hydrogens (primary N) is 1. The summed E-state index contributed by atoms with van der Waals surface area (Å²) in [5.41, 5.74) is 6.45. The molecule has 3 rings (SSSR count). The van der Waals surface area contributed by atoms with Gasteiger partial charge in [0, 0.05) is 35.0 Å². The van der Waals surface area contributed by atoms with E-state index >= 15 is 0 Å². The van der Waals surface area contributed by atoms with Gasteiger partial charge in [0.25, 0.3) is 11.5 Å². The van der Waals surface area contributed by atoms with Gasteiger partial charge in [0.2, 0.25) is 5.95 Å². The van der Waals surface area contributed by atoms with E-state index in [1.165, 1.54) is 38.2 Å². The van der Waals surface area contributed by atoms with Crippen LogP contribution in [0.3, 0.4) is 0 Å². The molecule has 7 nitrogen and oxygen atoms in total. The number of nitrogens with zero attached hydrogens (tertiary/aromatic N) is 1. The molecule has 0 aliphatic carbocycles. The van der Waals surface area contributed by atoms with E-state index in [9.17, 15) is 18.1 Å². The Morgan fingerprint density at radius 3 is 2.14 bits per heavy atom. The summed E-state index contributed by atoms with van der Waals surface area (Å²) in [6.07, 6.45) is 10.4. The van der Waals surface area contributed by atoms with E-state index in [0.717, 1.165) is 18.7 Å². The van der Waals surface area contributed by atoms with Crippen molar-refractivity contribution in [3.8, 4) is 0 Å². The summed E-state index contributed by atoms with van der Waals surface area (Å²) in [4.78, 5) is 22.4. The van der Waals surface area contributed by atoms with Crippen molar-refractivity contribution >= 4 is 16.9 Å². The molecular formula is C32H54F3N5O2. The summed E-state index contributed by atoms with van der Waals surface area (Å²) in [6, 6.07) is 1.65. The van der Waals surface area contributed by atoms with Crippen LogP contribution in [-0.2, 0) is 17.4 Å². The third-order valence-corrected chi connectivity index (χ3v) is 5.72. The van der Waals surface area contributed by atoms with Crippen LogP contribution in [0, 0.1) is 0 Å². The third-order valence-electron chi connectivity index (χ3n) is 5.72. The molecule has 240 valence electrons. The Balaban J connectivity index is 0. The lowest BCUT2D eigenvalue weighted by molar-refractivity contribution is -0.0887. The smallest absolute Gasteiger partial charge is 0.270 e. The summed E-state index contributed by atoms with van der Waals surface area (Å²) in [5.74, 6) is -3.47. The topological polar surface area (TPSA) is 105 Å². The van der Waals surface area contributed by atoms with Gasteiger partial charge in [0.05, 0.1) is 10.9 Å². The van der Waals surface area contributed by atoms with Crippen LogP contribution in [0.1, 0.15) is 112 Å². The lowest BCUT2D eigenvalue weighted by Gasteiger charge is -2.26. The Kier molecular flexibility index (Phi) is 21.5. The summed E-state index contributed by atoms with van der Waals surface area (Å²) >= 11 is 0. The lowest BCUT2D eigenvalue weighted by Crippen LogP contribution is -2.39. The minimum atomic E-state index is -3.17. The van der Waals surface area contributed by atoms with Gasteiger partial charge in [-0.2, -0.15) is 0 Å². The normalized spacial score (nSPS) is 13.5. The predicted octanol–water partition coefficient (Wildman–Crippen LogP) is 8.94. The molecule has 10 heteroatoms. The molecule has 42 heavy (non-hydrogen) atoms. The number of unbranched alkanes of at least 4 members (excludes halogenated alkanes) is 4. The van der Waals surface area contributed by atoms with Crippen molar-refractivity contribution < 1.29 is 18.2 Å². The molecule has 1 aromatic heterocycles. The zero-order valence-electron chi connectivity index (χ0n) is 27.3. The first-order valence-electron chi connectivity index (χ1n) is 15.1. The first-order valence-corrected chi connectivity index (χ1v) is 15.1. The standard InChI is InChI=1S/C19H20F3N5O2.C7H16.3C2H6/c1-9-4-5-14(15(25-9)10(2)29-22)24-8-11-6-12(19(3,20)21)7-13-16(11)26-18(23)27-17(13)28;1-3-5-7-6-4-2;3*1-2/h4-7,15,24-25H,2,8H2,1,3H3,(H3,23,26,27,28);3-7H2,1-2H3;3*1-2H3. The monoisotopic (exact) mass is 597 g/mol. The Labute approximate surface area is 250 Å². The number of benzene rings is 1. The van der Waals surface area contributed by atoms with Crippen molar-refractivity contribution in [2.45, 2.75) is 120 Å². The van der Waals surface area contributed by atoms with Crippen LogP contribution < -0.4 is 21.9 Å². The number of dihydropyridines is 1. The van der Waals surface area contributed by atoms with E-state index in [-0.39, 0.29) is 34.7 Å². The predicted molar refractivity (Wildman–Crippen MR) is 172 cm³/mol. The molecule has 2 aromatic rings. The van der Waals surface area contributed by atoms with Crippen LogP contribution >= 0.6 is 0 Å². The van der Waals surface area contributed by atoms with Gasteiger partial charge in [0.1, 0.15) is 6.04 Å². The highest BCUT2D eigenvalue weighted by Crippen LogP contribution is 2.30. The highest BCUT2D eigenvalue weighted by Gasteiger charge is 2.27. The minimum Gasteiger partial charge on any atom is -0.382 e. The molecule has 0 saturated heterocycles. The van der Waals surface area contributed by atoms with Gasteiger partial charge in [-0.05, 0) is 36.8 Å². The van der Waals surface area contributed by atoms with Crippen molar-refractivity contribution in [2.75, 3.05) is 5.73 Å². The van der Waals surface area contributed by atoms with Crippen molar-refractivity contribution in [1.29, 1.82) is 0 Å². The fraction of sp³-hybridized carbons (Fsp3) is 0.562. The number of aromatic amines is 1. The molecule has 1 aliphatic rings. The molecule has 1 atom stereocenters. The average molecular weight is 598 g/mol. The molecule has 0 spiro atoms. The first-order chi connectivity index (χ1) is 20.0. The van der Waals surface area contributed by atoms with Crippen LogP contribution in [0.4, 0.5) is 19.3 Å². The number of aromatic nitrogens is 2. The second kappa shape index (κ2) is 22.2. The van der Waals surface area contributed by atoms with Crippen molar-refractivity contribution in [3.63, 3.8) is 0 Å². The van der Waals surface area contributed by atoms with E-state index in [4.69, 9.17) is 5.73 Å². The molecule has 0 radical (unpaired) electrons. The number of H-pyrrole nitrogens is 1. The fourth-order valence-corrected chi connectivity index (χ4v) is 3.72. The second-order valence-corrected chi connectivity index (χ2v) is 8.88. The molecule has 1 unspecified atom stereocenters.